The van der Waals surface area contributed by atoms with E-state index in [-0.39, 0.29) is 0 Å². The second kappa shape index (κ2) is 5.69. The molecule has 102 valence electrons. The molecule has 1 aromatic heterocycles. The molecule has 20 heavy (non-hydrogen) atoms. The molecule has 3 rings (SSSR count). The molecule has 1 heterocycles. The highest BCUT2D eigenvalue weighted by atomic mass is 32.2. The number of aliphatic hydroxyl groups is 1. The number of hydrogen-bond donors (Lipinski definition) is 1. The van der Waals surface area contributed by atoms with Gasteiger partial charge in [0.15, 0.2) is 11.5 Å². The number of oxazole rings is 1. The minimum Gasteiger partial charge on any atom is -0.441 e. The molecule has 1 atom stereocenters. The van der Waals surface area contributed by atoms with Crippen molar-refractivity contribution in [2.45, 2.75) is 17.4 Å². The molecule has 0 fully saturated rings. The first-order valence-electron chi connectivity index (χ1n) is 6.43. The number of hydrogen-bond acceptors (Lipinski definition) is 4. The van der Waals surface area contributed by atoms with Crippen LogP contribution in [0.15, 0.2) is 57.8 Å². The van der Waals surface area contributed by atoms with Crippen LogP contribution in [-0.2, 0) is 6.42 Å². The lowest BCUT2D eigenvalue weighted by Crippen LogP contribution is -2.01. The third-order valence-corrected chi connectivity index (χ3v) is 3.95. The minimum absolute atomic E-state index is 0.382. The molecule has 1 unspecified atom stereocenters. The molecular formula is C16H15NO2S. The van der Waals surface area contributed by atoms with Crippen LogP contribution in [0.1, 0.15) is 17.6 Å². The Bertz CT molecular complexity index is 673. The molecule has 0 aliphatic heterocycles. The highest BCUT2D eigenvalue weighted by Crippen LogP contribution is 2.23. The normalized spacial score (nSPS) is 12.7. The summed E-state index contributed by atoms with van der Waals surface area (Å²) in [5.74, 6) is 0.563. The molecular weight excluding hydrogens is 270 g/mol. The van der Waals surface area contributed by atoms with E-state index in [4.69, 9.17) is 4.42 Å². The Hall–Kier alpha value is -1.78. The van der Waals surface area contributed by atoms with Crippen LogP contribution in [0.2, 0.25) is 0 Å². The number of aliphatic hydroxyl groups excluding tert-OH is 1. The van der Waals surface area contributed by atoms with E-state index >= 15 is 0 Å². The van der Waals surface area contributed by atoms with Gasteiger partial charge in [0.1, 0.15) is 5.52 Å². The maximum absolute atomic E-state index is 10.3. The SMILES string of the molecule is CSc1ccc(C(O)Cc2nc3ccccc3o2)cc1. The standard InChI is InChI=1S/C16H15NO2S/c1-20-12-8-6-11(7-9-12)14(18)10-16-17-13-4-2-3-5-15(13)19-16/h2-9,14,18H,10H2,1H3. The first-order valence-corrected chi connectivity index (χ1v) is 7.65. The number of aromatic nitrogens is 1. The van der Waals surface area contributed by atoms with Crippen molar-refractivity contribution in [2.24, 2.45) is 0 Å². The minimum atomic E-state index is -0.598. The molecule has 3 nitrogen and oxygen atoms in total. The van der Waals surface area contributed by atoms with Gasteiger partial charge in [-0.3, -0.25) is 0 Å². The van der Waals surface area contributed by atoms with Gasteiger partial charge < -0.3 is 9.52 Å². The largest absolute Gasteiger partial charge is 0.441 e. The van der Waals surface area contributed by atoms with E-state index in [1.807, 2.05) is 54.8 Å². The summed E-state index contributed by atoms with van der Waals surface area (Å²) < 4.78 is 5.63. The summed E-state index contributed by atoms with van der Waals surface area (Å²) >= 11 is 1.68. The van der Waals surface area contributed by atoms with Crippen molar-refractivity contribution < 1.29 is 9.52 Å². The number of benzene rings is 2. The van der Waals surface area contributed by atoms with Crippen LogP contribution in [0.4, 0.5) is 0 Å². The van der Waals surface area contributed by atoms with Gasteiger partial charge in [-0.1, -0.05) is 24.3 Å². The quantitative estimate of drug-likeness (QED) is 0.740. The van der Waals surface area contributed by atoms with Gasteiger partial charge in [-0.05, 0) is 36.1 Å². The van der Waals surface area contributed by atoms with Gasteiger partial charge >= 0.3 is 0 Å². The zero-order valence-corrected chi connectivity index (χ0v) is 11.9. The average molecular weight is 285 g/mol. The monoisotopic (exact) mass is 285 g/mol. The van der Waals surface area contributed by atoms with Gasteiger partial charge in [0.25, 0.3) is 0 Å². The van der Waals surface area contributed by atoms with Crippen LogP contribution in [-0.4, -0.2) is 16.3 Å². The van der Waals surface area contributed by atoms with E-state index in [9.17, 15) is 5.11 Å². The predicted molar refractivity (Wildman–Crippen MR) is 80.9 cm³/mol. The van der Waals surface area contributed by atoms with E-state index in [1.54, 1.807) is 11.8 Å². The van der Waals surface area contributed by atoms with Crippen LogP contribution < -0.4 is 0 Å². The maximum atomic E-state index is 10.3. The average Bonchev–Trinajstić information content (AvgIpc) is 2.89. The summed E-state index contributed by atoms with van der Waals surface area (Å²) in [6.07, 6.45) is 1.82. The van der Waals surface area contributed by atoms with Crippen molar-refractivity contribution in [1.29, 1.82) is 0 Å². The third kappa shape index (κ3) is 2.71. The number of para-hydroxylation sites is 2. The van der Waals surface area contributed by atoms with E-state index in [0.29, 0.717) is 12.3 Å². The lowest BCUT2D eigenvalue weighted by molar-refractivity contribution is 0.169. The van der Waals surface area contributed by atoms with Crippen LogP contribution in [0, 0.1) is 0 Å². The summed E-state index contributed by atoms with van der Waals surface area (Å²) in [7, 11) is 0. The fourth-order valence-corrected chi connectivity index (χ4v) is 2.52. The molecule has 0 saturated carbocycles. The van der Waals surface area contributed by atoms with Crippen LogP contribution >= 0.6 is 11.8 Å². The smallest absolute Gasteiger partial charge is 0.198 e. The van der Waals surface area contributed by atoms with Crippen molar-refractivity contribution in [1.82, 2.24) is 4.98 Å². The Morgan fingerprint density at radius 3 is 2.60 bits per heavy atom. The molecule has 0 radical (unpaired) electrons. The van der Waals surface area contributed by atoms with Crippen molar-refractivity contribution in [3.63, 3.8) is 0 Å². The third-order valence-electron chi connectivity index (χ3n) is 3.21. The van der Waals surface area contributed by atoms with Crippen molar-refractivity contribution in [3.8, 4) is 0 Å². The Morgan fingerprint density at radius 1 is 1.15 bits per heavy atom. The zero-order chi connectivity index (χ0) is 13.9. The van der Waals surface area contributed by atoms with Crippen molar-refractivity contribution in [2.75, 3.05) is 6.26 Å². The Balaban J connectivity index is 1.78. The molecule has 0 bridgehead atoms. The van der Waals surface area contributed by atoms with Gasteiger partial charge in [0, 0.05) is 4.90 Å². The molecule has 1 N–H and O–H groups in total. The Morgan fingerprint density at radius 2 is 1.90 bits per heavy atom. The van der Waals surface area contributed by atoms with Crippen LogP contribution in [0.3, 0.4) is 0 Å². The van der Waals surface area contributed by atoms with Gasteiger partial charge in [-0.25, -0.2) is 4.98 Å². The summed E-state index contributed by atoms with van der Waals surface area (Å²) in [6.45, 7) is 0. The van der Waals surface area contributed by atoms with E-state index < -0.39 is 6.10 Å². The van der Waals surface area contributed by atoms with Gasteiger partial charge in [-0.15, -0.1) is 11.8 Å². The van der Waals surface area contributed by atoms with Crippen LogP contribution in [0.25, 0.3) is 11.1 Å². The number of fused-ring (bicyclic) bond motifs is 1. The summed E-state index contributed by atoms with van der Waals surface area (Å²) in [4.78, 5) is 5.56. The predicted octanol–water partition coefficient (Wildman–Crippen LogP) is 3.83. The van der Waals surface area contributed by atoms with E-state index in [2.05, 4.69) is 4.98 Å². The molecule has 2 aromatic carbocycles. The highest BCUT2D eigenvalue weighted by Gasteiger charge is 2.13. The maximum Gasteiger partial charge on any atom is 0.198 e. The molecule has 0 aliphatic rings. The fraction of sp³-hybridized carbons (Fsp3) is 0.188. The van der Waals surface area contributed by atoms with Crippen LogP contribution in [0.5, 0.6) is 0 Å². The lowest BCUT2D eigenvalue weighted by Gasteiger charge is -2.09. The summed E-state index contributed by atoms with van der Waals surface area (Å²) in [5.41, 5.74) is 2.46. The van der Waals surface area contributed by atoms with E-state index in [1.165, 1.54) is 4.90 Å². The molecule has 0 spiro atoms. The summed E-state index contributed by atoms with van der Waals surface area (Å²) in [6, 6.07) is 15.5. The first-order chi connectivity index (χ1) is 9.76. The molecule has 0 amide bonds. The molecule has 3 aromatic rings. The second-order valence-electron chi connectivity index (χ2n) is 4.57. The zero-order valence-electron chi connectivity index (χ0n) is 11.1. The Kier molecular flexibility index (Phi) is 3.76. The van der Waals surface area contributed by atoms with Gasteiger partial charge in [0.2, 0.25) is 0 Å². The lowest BCUT2D eigenvalue weighted by atomic mass is 10.1. The second-order valence-corrected chi connectivity index (χ2v) is 5.45. The van der Waals surface area contributed by atoms with Gasteiger partial charge in [-0.2, -0.15) is 0 Å². The topological polar surface area (TPSA) is 46.3 Å². The van der Waals surface area contributed by atoms with Crippen molar-refractivity contribution >= 4 is 22.9 Å². The summed E-state index contributed by atoms with van der Waals surface area (Å²) in [5, 5.41) is 10.3. The van der Waals surface area contributed by atoms with E-state index in [0.717, 1.165) is 16.7 Å². The Labute approximate surface area is 121 Å². The fourth-order valence-electron chi connectivity index (χ4n) is 2.12. The molecule has 0 aliphatic carbocycles. The number of thioether (sulfide) groups is 1. The highest BCUT2D eigenvalue weighted by molar-refractivity contribution is 7.98. The first kappa shape index (κ1) is 13.2. The number of rotatable bonds is 4. The van der Waals surface area contributed by atoms with Crippen molar-refractivity contribution in [3.05, 3.63) is 60.0 Å². The molecule has 4 heteroatoms. The number of nitrogens with zero attached hydrogens (tertiary/aromatic N) is 1. The van der Waals surface area contributed by atoms with Gasteiger partial charge in [0.05, 0.1) is 12.5 Å². The molecule has 0 saturated heterocycles.